The number of nitrogens with zero attached hydrogens (tertiary/aromatic N) is 6. The Labute approximate surface area is 130 Å². The molecule has 0 N–H and O–H groups in total. The van der Waals surface area contributed by atoms with Crippen molar-refractivity contribution in [1.29, 1.82) is 0 Å². The van der Waals surface area contributed by atoms with Crippen LogP contribution in [0.15, 0.2) is 17.2 Å². The van der Waals surface area contributed by atoms with Crippen LogP contribution in [0.3, 0.4) is 0 Å². The molecule has 0 aliphatic carbocycles. The Morgan fingerprint density at radius 2 is 2.09 bits per heavy atom. The minimum atomic E-state index is 0.364. The van der Waals surface area contributed by atoms with Gasteiger partial charge in [-0.2, -0.15) is 4.98 Å². The van der Waals surface area contributed by atoms with Gasteiger partial charge in [-0.05, 0) is 25.3 Å². The highest BCUT2D eigenvalue weighted by molar-refractivity contribution is 4.97. The van der Waals surface area contributed by atoms with E-state index in [0.29, 0.717) is 11.8 Å². The molecule has 0 unspecified atom stereocenters. The molecule has 7 heteroatoms. The largest absolute Gasteiger partial charge is 0.339 e. The normalized spacial score (nSPS) is 19.9. The van der Waals surface area contributed by atoms with Gasteiger partial charge in [-0.3, -0.25) is 0 Å². The lowest BCUT2D eigenvalue weighted by atomic mass is 9.98. The van der Waals surface area contributed by atoms with Crippen molar-refractivity contribution in [2.45, 2.75) is 45.6 Å². The van der Waals surface area contributed by atoms with E-state index in [1.807, 2.05) is 4.57 Å². The van der Waals surface area contributed by atoms with Crippen LogP contribution >= 0.6 is 0 Å². The summed E-state index contributed by atoms with van der Waals surface area (Å²) in [4.78, 5) is 7.05. The standard InChI is InChI=1S/C15H24N6O/c1-12(2)8-14-18-15(22-19-14)13-4-3-5-20(9-13)6-7-21-10-16-17-11-21/h10-13H,3-9H2,1-2H3/t13-/m1/s1. The van der Waals surface area contributed by atoms with Crippen LogP contribution < -0.4 is 0 Å². The number of aromatic nitrogens is 5. The van der Waals surface area contributed by atoms with Crippen LogP contribution in [0.5, 0.6) is 0 Å². The Balaban J connectivity index is 1.54. The molecule has 1 fully saturated rings. The summed E-state index contributed by atoms with van der Waals surface area (Å²) >= 11 is 0. The van der Waals surface area contributed by atoms with Gasteiger partial charge >= 0.3 is 0 Å². The summed E-state index contributed by atoms with van der Waals surface area (Å²) in [6.45, 7) is 8.38. The van der Waals surface area contributed by atoms with Crippen LogP contribution in [-0.4, -0.2) is 49.4 Å². The second-order valence-electron chi connectivity index (χ2n) is 6.49. The summed E-state index contributed by atoms with van der Waals surface area (Å²) in [5.41, 5.74) is 0. The van der Waals surface area contributed by atoms with E-state index >= 15 is 0 Å². The van der Waals surface area contributed by atoms with Gasteiger partial charge < -0.3 is 14.0 Å². The first-order valence-electron chi connectivity index (χ1n) is 8.08. The molecule has 1 saturated heterocycles. The van der Waals surface area contributed by atoms with E-state index in [0.717, 1.165) is 50.7 Å². The first-order valence-corrected chi connectivity index (χ1v) is 8.08. The van der Waals surface area contributed by atoms with Crippen molar-refractivity contribution in [3.63, 3.8) is 0 Å². The molecule has 1 aliphatic heterocycles. The maximum Gasteiger partial charge on any atom is 0.231 e. The van der Waals surface area contributed by atoms with Crippen LogP contribution in [0.25, 0.3) is 0 Å². The molecule has 2 aromatic heterocycles. The SMILES string of the molecule is CC(C)Cc1noc([C@@H]2CCCN(CCn3cnnc3)C2)n1. The van der Waals surface area contributed by atoms with Gasteiger partial charge in [0, 0.05) is 26.1 Å². The Kier molecular flexibility index (Phi) is 4.82. The number of rotatable bonds is 6. The summed E-state index contributed by atoms with van der Waals surface area (Å²) in [5, 5.41) is 11.8. The molecule has 0 aromatic carbocycles. The predicted molar refractivity (Wildman–Crippen MR) is 81.3 cm³/mol. The molecule has 3 heterocycles. The van der Waals surface area contributed by atoms with Crippen molar-refractivity contribution < 1.29 is 4.52 Å². The molecular formula is C15H24N6O. The van der Waals surface area contributed by atoms with E-state index in [-0.39, 0.29) is 0 Å². The quantitative estimate of drug-likeness (QED) is 0.809. The van der Waals surface area contributed by atoms with Gasteiger partial charge in [-0.1, -0.05) is 19.0 Å². The van der Waals surface area contributed by atoms with Gasteiger partial charge in [0.2, 0.25) is 5.89 Å². The molecule has 0 amide bonds. The van der Waals surface area contributed by atoms with Crippen molar-refractivity contribution in [3.8, 4) is 0 Å². The highest BCUT2D eigenvalue weighted by Crippen LogP contribution is 2.25. The van der Waals surface area contributed by atoms with E-state index in [1.165, 1.54) is 6.42 Å². The molecule has 0 radical (unpaired) electrons. The molecule has 0 saturated carbocycles. The Morgan fingerprint density at radius 1 is 1.27 bits per heavy atom. The van der Waals surface area contributed by atoms with Crippen molar-refractivity contribution in [1.82, 2.24) is 29.8 Å². The van der Waals surface area contributed by atoms with Crippen molar-refractivity contribution in [2.24, 2.45) is 5.92 Å². The molecule has 120 valence electrons. The molecule has 1 aliphatic rings. The molecule has 3 rings (SSSR count). The second kappa shape index (κ2) is 7.00. The fourth-order valence-electron chi connectivity index (χ4n) is 2.94. The molecule has 1 atom stereocenters. The van der Waals surface area contributed by atoms with Crippen molar-refractivity contribution in [2.75, 3.05) is 19.6 Å². The fraction of sp³-hybridized carbons (Fsp3) is 0.733. The molecule has 0 bridgehead atoms. The highest BCUT2D eigenvalue weighted by atomic mass is 16.5. The maximum atomic E-state index is 5.49. The van der Waals surface area contributed by atoms with E-state index in [1.54, 1.807) is 12.7 Å². The number of piperidine rings is 1. The van der Waals surface area contributed by atoms with E-state index in [9.17, 15) is 0 Å². The zero-order valence-corrected chi connectivity index (χ0v) is 13.4. The lowest BCUT2D eigenvalue weighted by molar-refractivity contribution is 0.181. The third kappa shape index (κ3) is 3.91. The van der Waals surface area contributed by atoms with Gasteiger partial charge in [0.15, 0.2) is 5.82 Å². The van der Waals surface area contributed by atoms with Crippen molar-refractivity contribution in [3.05, 3.63) is 24.4 Å². The first-order chi connectivity index (χ1) is 10.7. The summed E-state index contributed by atoms with van der Waals surface area (Å²) in [6.07, 6.45) is 6.71. The third-order valence-electron chi connectivity index (χ3n) is 4.07. The minimum absolute atomic E-state index is 0.364. The maximum absolute atomic E-state index is 5.49. The van der Waals surface area contributed by atoms with E-state index in [4.69, 9.17) is 4.52 Å². The summed E-state index contributed by atoms with van der Waals surface area (Å²) in [7, 11) is 0. The summed E-state index contributed by atoms with van der Waals surface area (Å²) in [5.74, 6) is 2.57. The average Bonchev–Trinajstić information content (AvgIpc) is 3.16. The summed E-state index contributed by atoms with van der Waals surface area (Å²) in [6, 6.07) is 0. The van der Waals surface area contributed by atoms with Crippen LogP contribution in [0.1, 0.15) is 44.3 Å². The Hall–Kier alpha value is -1.76. The molecule has 2 aromatic rings. The zero-order chi connectivity index (χ0) is 15.4. The minimum Gasteiger partial charge on any atom is -0.339 e. The first kappa shape index (κ1) is 15.1. The second-order valence-corrected chi connectivity index (χ2v) is 6.49. The zero-order valence-electron chi connectivity index (χ0n) is 13.4. The predicted octanol–water partition coefficient (Wildman–Crippen LogP) is 1.74. The third-order valence-corrected chi connectivity index (χ3v) is 4.07. The van der Waals surface area contributed by atoms with Gasteiger partial charge in [-0.15, -0.1) is 10.2 Å². The van der Waals surface area contributed by atoms with Gasteiger partial charge in [0.25, 0.3) is 0 Å². The monoisotopic (exact) mass is 304 g/mol. The lowest BCUT2D eigenvalue weighted by Gasteiger charge is -2.30. The van der Waals surface area contributed by atoms with Crippen LogP contribution in [0, 0.1) is 5.92 Å². The van der Waals surface area contributed by atoms with Crippen LogP contribution in [0.2, 0.25) is 0 Å². The van der Waals surface area contributed by atoms with Gasteiger partial charge in [0.05, 0.1) is 5.92 Å². The Bertz CT molecular complexity index is 564. The van der Waals surface area contributed by atoms with Crippen LogP contribution in [-0.2, 0) is 13.0 Å². The van der Waals surface area contributed by atoms with Crippen LogP contribution in [0.4, 0.5) is 0 Å². The topological polar surface area (TPSA) is 72.9 Å². The molecule has 22 heavy (non-hydrogen) atoms. The smallest absolute Gasteiger partial charge is 0.231 e. The number of hydrogen-bond donors (Lipinski definition) is 0. The Morgan fingerprint density at radius 3 is 2.86 bits per heavy atom. The molecule has 0 spiro atoms. The van der Waals surface area contributed by atoms with Crippen molar-refractivity contribution >= 4 is 0 Å². The van der Waals surface area contributed by atoms with Gasteiger partial charge in [0.1, 0.15) is 12.7 Å². The average molecular weight is 304 g/mol. The fourth-order valence-corrected chi connectivity index (χ4v) is 2.94. The van der Waals surface area contributed by atoms with Gasteiger partial charge in [-0.25, -0.2) is 0 Å². The lowest BCUT2D eigenvalue weighted by Crippen LogP contribution is -2.36. The van der Waals surface area contributed by atoms with E-state index in [2.05, 4.69) is 39.1 Å². The van der Waals surface area contributed by atoms with E-state index < -0.39 is 0 Å². The molecular weight excluding hydrogens is 280 g/mol. The molecule has 7 nitrogen and oxygen atoms in total. The summed E-state index contributed by atoms with van der Waals surface area (Å²) < 4.78 is 7.50. The number of hydrogen-bond acceptors (Lipinski definition) is 6. The number of likely N-dealkylation sites (tertiary alicyclic amines) is 1. The highest BCUT2D eigenvalue weighted by Gasteiger charge is 2.25.